The zero-order chi connectivity index (χ0) is 55.2. The van der Waals surface area contributed by atoms with Crippen molar-refractivity contribution < 1.29 is 100.0 Å². The van der Waals surface area contributed by atoms with Crippen LogP contribution < -0.4 is 5.32 Å². The summed E-state index contributed by atoms with van der Waals surface area (Å²) in [4.78, 5) is 121. The van der Waals surface area contributed by atoms with E-state index in [1.807, 2.05) is 0 Å². The van der Waals surface area contributed by atoms with Crippen LogP contribution in [0.4, 0.5) is 0 Å². The third-order valence-corrected chi connectivity index (χ3v) is 11.3. The Hall–Kier alpha value is -6.89. The number of hydrogen-bond acceptors (Lipinski definition) is 22. The minimum atomic E-state index is -3.13. The van der Waals surface area contributed by atoms with E-state index in [1.165, 1.54) is 60.7 Å². The van der Waals surface area contributed by atoms with Gasteiger partial charge in [-0.15, -0.1) is 0 Å². The summed E-state index contributed by atoms with van der Waals surface area (Å²) >= 11 is 18.3. The lowest BCUT2D eigenvalue weighted by Crippen LogP contribution is -2.72. The fourth-order valence-electron chi connectivity index (χ4n) is 7.78. The van der Waals surface area contributed by atoms with Crippen LogP contribution in [-0.2, 0) is 85.6 Å². The molecule has 0 aliphatic carbocycles. The molecule has 2 heterocycles. The molecule has 2 N–H and O–H groups in total. The van der Waals surface area contributed by atoms with Gasteiger partial charge in [0.1, 0.15) is 37.6 Å². The highest BCUT2D eigenvalue weighted by Crippen LogP contribution is 2.42. The summed E-state index contributed by atoms with van der Waals surface area (Å²) in [6.45, 7) is 3.15. The summed E-state index contributed by atoms with van der Waals surface area (Å²) in [7, 11) is 0.863. The Labute approximate surface area is 443 Å². The Morgan fingerprint density at radius 1 is 0.667 bits per heavy atom. The Kier molecular flexibility index (Phi) is 20.9. The van der Waals surface area contributed by atoms with Gasteiger partial charge < -0.3 is 62.2 Å². The van der Waals surface area contributed by atoms with Gasteiger partial charge in [-0.2, -0.15) is 0 Å². The van der Waals surface area contributed by atoms with Gasteiger partial charge in [-0.1, -0.05) is 89.4 Å². The molecule has 0 unspecified atom stereocenters. The van der Waals surface area contributed by atoms with Crippen molar-refractivity contribution in [2.45, 2.75) is 112 Å². The summed E-state index contributed by atoms with van der Waals surface area (Å²) in [6.07, 6.45) is -19.4. The van der Waals surface area contributed by atoms with Gasteiger partial charge in [0.2, 0.25) is 18.1 Å². The molecule has 2 fully saturated rings. The van der Waals surface area contributed by atoms with Crippen LogP contribution >= 0.6 is 34.8 Å². The lowest BCUT2D eigenvalue weighted by molar-refractivity contribution is -0.364. The molecule has 404 valence electrons. The summed E-state index contributed by atoms with van der Waals surface area (Å²) in [5.74, 6) is -13.9. The first kappa shape index (κ1) is 59.0. The highest BCUT2D eigenvalue weighted by molar-refractivity contribution is 6.76. The van der Waals surface area contributed by atoms with Crippen LogP contribution in [0.15, 0.2) is 91.0 Å². The first-order valence-corrected chi connectivity index (χ1v) is 23.6. The van der Waals surface area contributed by atoms with Crippen molar-refractivity contribution in [2.75, 3.05) is 20.3 Å². The fourth-order valence-corrected chi connectivity index (χ4v) is 7.91. The molecule has 11 atom stereocenters. The highest BCUT2D eigenvalue weighted by Gasteiger charge is 2.64. The zero-order valence-corrected chi connectivity index (χ0v) is 43.0. The maximum absolute atomic E-state index is 14.8. The second kappa shape index (κ2) is 26.5. The van der Waals surface area contributed by atoms with Gasteiger partial charge in [0, 0.05) is 34.6 Å². The molecule has 2 aliphatic heterocycles. The first-order chi connectivity index (χ1) is 35.4. The number of amides is 1. The van der Waals surface area contributed by atoms with Crippen LogP contribution in [0.5, 0.6) is 0 Å². The predicted octanol–water partition coefficient (Wildman–Crippen LogP) is 4.29. The van der Waals surface area contributed by atoms with Crippen molar-refractivity contribution >= 4 is 94.4 Å². The predicted molar refractivity (Wildman–Crippen MR) is 256 cm³/mol. The number of benzene rings is 3. The van der Waals surface area contributed by atoms with Crippen LogP contribution in [-0.4, -0.2) is 151 Å². The molecule has 3 aromatic carbocycles. The van der Waals surface area contributed by atoms with Crippen molar-refractivity contribution in [1.82, 2.24) is 5.32 Å². The van der Waals surface area contributed by atoms with Crippen LogP contribution in [0.3, 0.4) is 0 Å². The molecular weight excluding hydrogens is 1060 g/mol. The molecule has 0 radical (unpaired) electrons. The van der Waals surface area contributed by atoms with Crippen molar-refractivity contribution in [3.63, 3.8) is 0 Å². The zero-order valence-electron chi connectivity index (χ0n) is 40.8. The van der Waals surface area contributed by atoms with Crippen LogP contribution in [0.25, 0.3) is 0 Å². The quantitative estimate of drug-likeness (QED) is 0.0556. The molecule has 5 rings (SSSR count). The molecule has 23 nitrogen and oxygen atoms in total. The minimum Gasteiger partial charge on any atom is -0.465 e. The van der Waals surface area contributed by atoms with E-state index in [0.717, 1.165) is 41.7 Å². The van der Waals surface area contributed by atoms with Crippen molar-refractivity contribution in [3.05, 3.63) is 108 Å². The molecule has 26 heteroatoms. The monoisotopic (exact) mass is 1110 g/mol. The minimum absolute atomic E-state index is 0.0408. The number of methoxy groups -OCH3 is 1. The van der Waals surface area contributed by atoms with Crippen molar-refractivity contribution in [3.8, 4) is 0 Å². The lowest BCUT2D eigenvalue weighted by Gasteiger charge is -2.51. The number of nitrogens with one attached hydrogen (secondary N) is 2. The number of rotatable bonds is 19. The Morgan fingerprint density at radius 2 is 1.19 bits per heavy atom. The summed E-state index contributed by atoms with van der Waals surface area (Å²) in [5, 5.41) is 11.1. The molecular formula is C49H51Cl3N2O21. The highest BCUT2D eigenvalue weighted by atomic mass is 35.6. The second-order valence-corrected chi connectivity index (χ2v) is 18.7. The molecule has 2 saturated heterocycles. The molecule has 0 saturated carbocycles. The van der Waals surface area contributed by atoms with Crippen molar-refractivity contribution in [1.29, 1.82) is 5.41 Å². The summed E-state index contributed by atoms with van der Waals surface area (Å²) in [5.41, 5.74) is -0.177. The number of esters is 8. The molecule has 0 bridgehead atoms. The van der Waals surface area contributed by atoms with Gasteiger partial charge in [-0.25, -0.2) is 19.2 Å². The second-order valence-electron chi connectivity index (χ2n) is 16.4. The Morgan fingerprint density at radius 3 is 1.65 bits per heavy atom. The maximum atomic E-state index is 14.8. The van der Waals surface area contributed by atoms with E-state index in [4.69, 9.17) is 97.1 Å². The average molecular weight is 1110 g/mol. The molecule has 1 amide bonds. The smallest absolute Gasteiger partial charge is 0.366 e. The van der Waals surface area contributed by atoms with E-state index in [0.29, 0.717) is 0 Å². The maximum Gasteiger partial charge on any atom is 0.366 e. The van der Waals surface area contributed by atoms with Gasteiger partial charge in [-0.3, -0.25) is 29.4 Å². The van der Waals surface area contributed by atoms with Gasteiger partial charge in [0.05, 0.1) is 36.3 Å². The molecule has 75 heavy (non-hydrogen) atoms. The third kappa shape index (κ3) is 16.3. The van der Waals surface area contributed by atoms with E-state index < -0.39 is 150 Å². The topological polar surface area (TPSA) is 300 Å². The fraction of sp³-hybridized carbons (Fsp3) is 0.429. The number of alkyl halides is 3. The molecule has 2 aliphatic rings. The standard InChI is InChI=1S/C49H51Cl3N2O21/c1-25(55)54-36-33(67-27(3)57)22-48(47(63)64-6,74-39(36)37(69-29(5)59)34(68-28(4)58)23-65-26(2)56)75-40-38(71-43(61)31-18-12-8-13-19-31)35(24-66-42(60)30-16-10-7-11-17-30)70-45(73-46(53)49(50,51)52)41(40)72-44(62)32-20-14-9-15-21-32/h7-21,33-41,45,53H,22-24H2,1-6H3,(H,54,55)/t33-,34+,35+,36+,37+,38-,39+,40-,41+,45+,48-/m0/s1. The van der Waals surface area contributed by atoms with Gasteiger partial charge in [-0.05, 0) is 36.4 Å². The molecule has 3 aromatic rings. The van der Waals surface area contributed by atoms with E-state index in [9.17, 15) is 43.2 Å². The third-order valence-electron chi connectivity index (χ3n) is 10.8. The number of hydrogen-bond donors (Lipinski definition) is 2. The normalized spacial score (nSPS) is 24.0. The average Bonchev–Trinajstić information content (AvgIpc) is 3.36. The van der Waals surface area contributed by atoms with E-state index in [1.54, 1.807) is 30.3 Å². The van der Waals surface area contributed by atoms with Crippen LogP contribution in [0.2, 0.25) is 0 Å². The number of ether oxygens (including phenoxy) is 12. The number of halogens is 3. The lowest BCUT2D eigenvalue weighted by atomic mass is 9.87. The van der Waals surface area contributed by atoms with Gasteiger partial charge in [0.15, 0.2) is 24.4 Å². The van der Waals surface area contributed by atoms with Gasteiger partial charge >= 0.3 is 47.8 Å². The van der Waals surface area contributed by atoms with Crippen molar-refractivity contribution in [2.24, 2.45) is 0 Å². The number of carbonyl (C=O) groups is 9. The van der Waals surface area contributed by atoms with E-state index in [2.05, 4.69) is 5.32 Å². The molecule has 0 spiro atoms. The summed E-state index contributed by atoms with van der Waals surface area (Å²) < 4.78 is 67.8. The number of carbonyl (C=O) groups excluding carboxylic acids is 9. The van der Waals surface area contributed by atoms with E-state index >= 15 is 0 Å². The summed E-state index contributed by atoms with van der Waals surface area (Å²) in [6, 6.07) is 20.3. The van der Waals surface area contributed by atoms with Crippen LogP contribution in [0.1, 0.15) is 72.1 Å². The first-order valence-electron chi connectivity index (χ1n) is 22.5. The SMILES string of the molecule is COC(=O)[C@@]1(O[C@H]2[C@@H](OC(=O)c3ccccc3)[C@@H](COC(=O)c3ccccc3)O[C@H](OC(=N)C(Cl)(Cl)Cl)[C@@H]2OC(=O)c2ccccc2)C[C@H](OC(C)=O)[C@@H](NC(C)=O)[C@H]([C@H](OC(C)=O)[C@@H](COC(C)=O)OC(C)=O)O1. The van der Waals surface area contributed by atoms with Gasteiger partial charge in [0.25, 0.3) is 9.58 Å². The van der Waals surface area contributed by atoms with E-state index in [-0.39, 0.29) is 16.7 Å². The van der Waals surface area contributed by atoms with Crippen LogP contribution in [0, 0.1) is 5.41 Å². The Bertz CT molecular complexity index is 2550. The molecule has 0 aromatic heterocycles. The largest absolute Gasteiger partial charge is 0.465 e. The Balaban J connectivity index is 1.83.